The minimum Gasteiger partial charge on any atom is -0.382 e. The number of benzene rings is 2. The van der Waals surface area contributed by atoms with E-state index < -0.39 is 23.6 Å². The van der Waals surface area contributed by atoms with Gasteiger partial charge in [0.05, 0.1) is 29.6 Å². The second kappa shape index (κ2) is 9.91. The second-order valence-electron chi connectivity index (χ2n) is 8.74. The van der Waals surface area contributed by atoms with Gasteiger partial charge < -0.3 is 21.5 Å². The Morgan fingerprint density at radius 1 is 1.21 bits per heavy atom. The van der Waals surface area contributed by atoms with Crippen molar-refractivity contribution < 1.29 is 27.1 Å². The molecule has 1 saturated heterocycles. The van der Waals surface area contributed by atoms with Crippen LogP contribution in [-0.4, -0.2) is 46.4 Å². The zero-order valence-corrected chi connectivity index (χ0v) is 19.9. The van der Waals surface area contributed by atoms with Crippen molar-refractivity contribution in [2.24, 2.45) is 5.73 Å². The molecule has 1 aliphatic heterocycles. The number of halogens is 4. The van der Waals surface area contributed by atoms with Crippen molar-refractivity contribution >= 4 is 28.7 Å². The highest BCUT2D eigenvalue weighted by atomic mass is 19.4. The lowest BCUT2D eigenvalue weighted by Gasteiger charge is -2.23. The van der Waals surface area contributed by atoms with E-state index in [0.717, 1.165) is 36.5 Å². The molecule has 0 bridgehead atoms. The van der Waals surface area contributed by atoms with Crippen LogP contribution >= 0.6 is 0 Å². The summed E-state index contributed by atoms with van der Waals surface area (Å²) in [5.41, 5.74) is 12.2. The van der Waals surface area contributed by atoms with Gasteiger partial charge in [0.1, 0.15) is 17.7 Å². The maximum Gasteiger partial charge on any atom is 0.416 e. The number of carbonyl (C=O) groups excluding carboxylic acids is 1. The number of ether oxygens (including phenoxy) is 1. The normalized spacial score (nSPS) is 16.1. The van der Waals surface area contributed by atoms with Crippen molar-refractivity contribution in [3.8, 4) is 11.1 Å². The Morgan fingerprint density at radius 3 is 2.71 bits per heavy atom. The van der Waals surface area contributed by atoms with Crippen LogP contribution in [0.4, 0.5) is 39.5 Å². The molecule has 3 heterocycles. The van der Waals surface area contributed by atoms with Gasteiger partial charge >= 0.3 is 12.2 Å². The molecule has 38 heavy (non-hydrogen) atoms. The molecular weight excluding hydrogens is 506 g/mol. The van der Waals surface area contributed by atoms with Crippen molar-refractivity contribution in [2.75, 3.05) is 30.3 Å². The number of urea groups is 1. The van der Waals surface area contributed by atoms with Gasteiger partial charge in [-0.3, -0.25) is 4.90 Å². The Bertz CT molecular complexity index is 1500. The van der Waals surface area contributed by atoms with Crippen LogP contribution in [0.3, 0.4) is 0 Å². The van der Waals surface area contributed by atoms with Gasteiger partial charge in [-0.25, -0.2) is 18.7 Å². The lowest BCUT2D eigenvalue weighted by Crippen LogP contribution is -2.39. The summed E-state index contributed by atoms with van der Waals surface area (Å²) in [6.07, 6.45) is -2.92. The summed E-state index contributed by atoms with van der Waals surface area (Å²) in [6, 6.07) is 8.54. The summed E-state index contributed by atoms with van der Waals surface area (Å²) < 4.78 is 62.6. The van der Waals surface area contributed by atoms with Crippen LogP contribution in [0, 0.1) is 5.82 Å². The number of amides is 2. The minimum atomic E-state index is -4.66. The van der Waals surface area contributed by atoms with Crippen LogP contribution < -0.4 is 21.7 Å². The molecule has 1 unspecified atom stereocenters. The van der Waals surface area contributed by atoms with Crippen LogP contribution in [0.5, 0.6) is 0 Å². The number of nitrogens with one attached hydrogen (secondary N) is 1. The number of fused-ring (bicyclic) bond motifs is 1. The highest BCUT2D eigenvalue weighted by Crippen LogP contribution is 2.37. The molecule has 1 fully saturated rings. The average molecular weight is 529 g/mol. The monoisotopic (exact) mass is 529 g/mol. The summed E-state index contributed by atoms with van der Waals surface area (Å²) in [5.74, 6) is -0.703. The number of carbonyl (C=O) groups is 1. The predicted octanol–water partition coefficient (Wildman–Crippen LogP) is 3.88. The molecule has 1 aliphatic rings. The van der Waals surface area contributed by atoms with Crippen molar-refractivity contribution in [3.05, 3.63) is 71.9 Å². The maximum absolute atomic E-state index is 15.5. The molecule has 9 nitrogen and oxygen atoms in total. The first-order valence-corrected chi connectivity index (χ1v) is 11.6. The third-order valence-electron chi connectivity index (χ3n) is 6.25. The van der Waals surface area contributed by atoms with Crippen molar-refractivity contribution in [1.82, 2.24) is 19.9 Å². The van der Waals surface area contributed by atoms with Gasteiger partial charge in [-0.2, -0.15) is 18.3 Å². The van der Waals surface area contributed by atoms with Gasteiger partial charge in [-0.05, 0) is 42.0 Å². The van der Waals surface area contributed by atoms with E-state index in [1.165, 1.54) is 24.5 Å². The van der Waals surface area contributed by atoms with Gasteiger partial charge in [0.15, 0.2) is 5.82 Å². The quantitative estimate of drug-likeness (QED) is 0.337. The zero-order valence-electron chi connectivity index (χ0n) is 19.9. The van der Waals surface area contributed by atoms with Crippen LogP contribution in [0.15, 0.2) is 54.9 Å². The van der Waals surface area contributed by atoms with Gasteiger partial charge in [0.2, 0.25) is 0 Å². The first-order valence-electron chi connectivity index (χ1n) is 11.6. The van der Waals surface area contributed by atoms with E-state index in [2.05, 4.69) is 15.4 Å². The Morgan fingerprint density at radius 2 is 2.03 bits per heavy atom. The molecule has 1 atom stereocenters. The highest BCUT2D eigenvalue weighted by Gasteiger charge is 2.32. The molecule has 0 saturated carbocycles. The van der Waals surface area contributed by atoms with E-state index in [1.807, 2.05) is 6.07 Å². The summed E-state index contributed by atoms with van der Waals surface area (Å²) in [4.78, 5) is 17.0. The van der Waals surface area contributed by atoms with Crippen molar-refractivity contribution in [2.45, 2.75) is 18.7 Å². The van der Waals surface area contributed by atoms with E-state index >= 15 is 4.39 Å². The Labute approximate surface area is 214 Å². The van der Waals surface area contributed by atoms with Crippen LogP contribution in [0.25, 0.3) is 16.6 Å². The van der Waals surface area contributed by atoms with Gasteiger partial charge in [-0.1, -0.05) is 12.1 Å². The maximum atomic E-state index is 15.5. The third-order valence-corrected chi connectivity index (χ3v) is 6.25. The van der Waals surface area contributed by atoms with E-state index in [4.69, 9.17) is 16.2 Å². The largest absolute Gasteiger partial charge is 0.416 e. The zero-order chi connectivity index (χ0) is 27.0. The molecule has 4 aromatic rings. The lowest BCUT2D eigenvalue weighted by atomic mass is 10.0. The van der Waals surface area contributed by atoms with Gasteiger partial charge in [0.25, 0.3) is 0 Å². The molecule has 198 valence electrons. The Hall–Kier alpha value is -4.23. The molecule has 0 aliphatic carbocycles. The number of nitrogen functional groups attached to an aromatic ring is 1. The topological polar surface area (TPSA) is 124 Å². The molecule has 5 N–H and O–H groups in total. The van der Waals surface area contributed by atoms with E-state index in [-0.39, 0.29) is 23.3 Å². The minimum absolute atomic E-state index is 0.0958. The van der Waals surface area contributed by atoms with Gasteiger partial charge in [-0.15, -0.1) is 0 Å². The van der Waals surface area contributed by atoms with Crippen LogP contribution in [0.2, 0.25) is 0 Å². The first-order chi connectivity index (χ1) is 18.1. The van der Waals surface area contributed by atoms with E-state index in [0.29, 0.717) is 41.1 Å². The molecule has 2 aromatic carbocycles. The Kier molecular flexibility index (Phi) is 6.63. The molecule has 0 spiro atoms. The third kappa shape index (κ3) is 4.85. The molecule has 2 amide bonds. The number of nitrogens with two attached hydrogens (primary N) is 2. The molecule has 5 rings (SSSR count). The van der Waals surface area contributed by atoms with Crippen molar-refractivity contribution in [1.29, 1.82) is 0 Å². The number of anilines is 3. The fourth-order valence-electron chi connectivity index (χ4n) is 4.54. The Balaban J connectivity index is 1.55. The fourth-order valence-corrected chi connectivity index (χ4v) is 4.54. The summed E-state index contributed by atoms with van der Waals surface area (Å²) >= 11 is 0. The van der Waals surface area contributed by atoms with Crippen molar-refractivity contribution in [3.63, 3.8) is 0 Å². The number of rotatable bonds is 5. The number of hydrogen-bond donors (Lipinski definition) is 3. The molecule has 13 heteroatoms. The van der Waals surface area contributed by atoms with Crippen LogP contribution in [-0.2, 0) is 17.3 Å². The number of morpholine rings is 1. The molecular formula is C25H23F4N7O2. The number of nitrogens with zero attached hydrogens (tertiary/aromatic N) is 4. The van der Waals surface area contributed by atoms with E-state index in [1.54, 1.807) is 4.52 Å². The smallest absolute Gasteiger partial charge is 0.382 e. The predicted molar refractivity (Wildman–Crippen MR) is 132 cm³/mol. The number of hydrogen-bond acceptors (Lipinski definition) is 6. The summed E-state index contributed by atoms with van der Waals surface area (Å²) in [6.45, 7) is 2.00. The summed E-state index contributed by atoms with van der Waals surface area (Å²) in [7, 11) is 0. The highest BCUT2D eigenvalue weighted by molar-refractivity contribution is 5.99. The SMILES string of the molecule is NC(=O)N(c1cccc(C(F)(F)F)c1)c1ccc(-c2cc(CC3CNCCO3)n3ncnc(N)c23)cc1F. The number of primary amides is 1. The number of alkyl halides is 3. The average Bonchev–Trinajstić information content (AvgIpc) is 3.25. The first kappa shape index (κ1) is 25.4. The molecule has 0 radical (unpaired) electrons. The van der Waals surface area contributed by atoms with Crippen LogP contribution in [0.1, 0.15) is 11.3 Å². The summed E-state index contributed by atoms with van der Waals surface area (Å²) in [5, 5.41) is 7.57. The fraction of sp³-hybridized carbons (Fsp3) is 0.240. The number of aromatic nitrogens is 3. The second-order valence-corrected chi connectivity index (χ2v) is 8.74. The van der Waals surface area contributed by atoms with Gasteiger partial charge in [0, 0.05) is 30.8 Å². The van der Waals surface area contributed by atoms with E-state index in [9.17, 15) is 18.0 Å². The lowest BCUT2D eigenvalue weighted by molar-refractivity contribution is -0.137. The standard InChI is InChI=1S/C25H23F4N7O2/c26-20-8-14(4-5-21(20)35(24(31)37)16-3-1-2-15(9-16)25(27,28)29)19-11-17(10-18-12-32-6-7-38-18)36-22(19)23(30)33-13-34-36/h1-5,8-9,11,13,18,32H,6-7,10,12H2,(H2,31,37)(H2,30,33,34). The molecule has 2 aromatic heterocycles.